The summed E-state index contributed by atoms with van der Waals surface area (Å²) in [7, 11) is 1.64. The van der Waals surface area contributed by atoms with Crippen LogP contribution in [0.2, 0.25) is 0 Å². The Hall–Kier alpha value is -3.17. The van der Waals surface area contributed by atoms with Crippen LogP contribution < -0.4 is 5.32 Å². The molecule has 2 heterocycles. The van der Waals surface area contributed by atoms with Gasteiger partial charge in [0.15, 0.2) is 11.0 Å². The Bertz CT molecular complexity index is 1170. The summed E-state index contributed by atoms with van der Waals surface area (Å²) < 4.78 is 20.2. The number of methoxy groups -OCH3 is 1. The first-order chi connectivity index (χ1) is 15.2. The zero-order valence-corrected chi connectivity index (χ0v) is 17.8. The number of halogens is 1. The molecule has 1 amide bonds. The van der Waals surface area contributed by atoms with E-state index >= 15 is 0 Å². The molecule has 4 aromatic rings. The molecule has 0 aliphatic rings. The molecular formula is C22H22FN5O2S. The van der Waals surface area contributed by atoms with Gasteiger partial charge >= 0.3 is 0 Å². The molecule has 0 aliphatic heterocycles. The lowest BCUT2D eigenvalue weighted by atomic mass is 10.1. The van der Waals surface area contributed by atoms with Gasteiger partial charge < -0.3 is 15.0 Å². The van der Waals surface area contributed by atoms with Gasteiger partial charge in [-0.1, -0.05) is 42.1 Å². The van der Waals surface area contributed by atoms with Crippen molar-refractivity contribution in [1.29, 1.82) is 0 Å². The highest BCUT2D eigenvalue weighted by atomic mass is 32.2. The molecule has 2 aromatic carbocycles. The maximum Gasteiger partial charge on any atom is 0.230 e. The molecule has 0 atom stereocenters. The number of fused-ring (bicyclic) bond motifs is 1. The summed E-state index contributed by atoms with van der Waals surface area (Å²) >= 11 is 1.32. The Morgan fingerprint density at radius 2 is 2.00 bits per heavy atom. The molecule has 4 rings (SSSR count). The van der Waals surface area contributed by atoms with Crippen LogP contribution >= 0.6 is 11.8 Å². The summed E-state index contributed by atoms with van der Waals surface area (Å²) in [5.41, 5.74) is 2.81. The summed E-state index contributed by atoms with van der Waals surface area (Å²) in [5.74, 6) is 0.486. The van der Waals surface area contributed by atoms with E-state index in [4.69, 9.17) is 4.74 Å². The summed E-state index contributed by atoms with van der Waals surface area (Å²) in [4.78, 5) is 15.6. The van der Waals surface area contributed by atoms with E-state index in [9.17, 15) is 9.18 Å². The van der Waals surface area contributed by atoms with Gasteiger partial charge in [0.25, 0.3) is 0 Å². The normalized spacial score (nSPS) is 11.2. The molecule has 0 spiro atoms. The van der Waals surface area contributed by atoms with Crippen molar-refractivity contribution in [2.75, 3.05) is 19.5 Å². The Balaban J connectivity index is 1.46. The number of ether oxygens (including phenoxy) is 1. The summed E-state index contributed by atoms with van der Waals surface area (Å²) in [6.07, 6.45) is 1.92. The number of para-hydroxylation sites is 1. The standard InChI is InChI=1S/C22H22FN5O2S/c1-30-11-10-28-21(18-13-24-19-5-3-2-4-17(18)19)26-27-22(28)31-14-20(29)25-12-15-6-8-16(23)9-7-15/h2-9,13,24H,10-12,14H2,1H3,(H,25,29). The van der Waals surface area contributed by atoms with E-state index in [1.165, 1.54) is 23.9 Å². The van der Waals surface area contributed by atoms with Crippen LogP contribution in [0, 0.1) is 5.82 Å². The van der Waals surface area contributed by atoms with E-state index in [0.29, 0.717) is 24.9 Å². The van der Waals surface area contributed by atoms with E-state index in [2.05, 4.69) is 20.5 Å². The Morgan fingerprint density at radius 1 is 1.19 bits per heavy atom. The molecule has 160 valence electrons. The highest BCUT2D eigenvalue weighted by Crippen LogP contribution is 2.29. The molecule has 2 aromatic heterocycles. The number of H-pyrrole nitrogens is 1. The maximum absolute atomic E-state index is 13.0. The number of benzene rings is 2. The highest BCUT2D eigenvalue weighted by molar-refractivity contribution is 7.99. The summed E-state index contributed by atoms with van der Waals surface area (Å²) in [6.45, 7) is 1.41. The van der Waals surface area contributed by atoms with Crippen LogP contribution in [-0.4, -0.2) is 45.1 Å². The average molecular weight is 440 g/mol. The van der Waals surface area contributed by atoms with Gasteiger partial charge in [-0.15, -0.1) is 10.2 Å². The van der Waals surface area contributed by atoms with Gasteiger partial charge in [-0.2, -0.15) is 0 Å². The van der Waals surface area contributed by atoms with E-state index in [1.54, 1.807) is 19.2 Å². The van der Waals surface area contributed by atoms with Crippen LogP contribution in [0.3, 0.4) is 0 Å². The molecule has 0 radical (unpaired) electrons. The number of carbonyl (C=O) groups is 1. The smallest absolute Gasteiger partial charge is 0.230 e. The lowest BCUT2D eigenvalue weighted by Crippen LogP contribution is -2.24. The van der Waals surface area contributed by atoms with E-state index in [0.717, 1.165) is 27.9 Å². The molecule has 2 N–H and O–H groups in total. The van der Waals surface area contributed by atoms with Crippen molar-refractivity contribution in [2.45, 2.75) is 18.2 Å². The van der Waals surface area contributed by atoms with E-state index < -0.39 is 0 Å². The number of rotatable bonds is 9. The Labute approximate surface area is 183 Å². The first-order valence-corrected chi connectivity index (χ1v) is 10.8. The first kappa shape index (κ1) is 21.1. The third-order valence-corrected chi connectivity index (χ3v) is 5.77. The third kappa shape index (κ3) is 4.95. The number of thioether (sulfide) groups is 1. The minimum absolute atomic E-state index is 0.135. The number of aromatic nitrogens is 4. The molecule has 0 fully saturated rings. The van der Waals surface area contributed by atoms with Gasteiger partial charge in [-0.3, -0.25) is 9.36 Å². The molecule has 0 saturated heterocycles. The fourth-order valence-electron chi connectivity index (χ4n) is 3.22. The second-order valence-electron chi connectivity index (χ2n) is 6.89. The monoisotopic (exact) mass is 439 g/mol. The number of aromatic amines is 1. The summed E-state index contributed by atoms with van der Waals surface area (Å²) in [6, 6.07) is 14.1. The second-order valence-corrected chi connectivity index (χ2v) is 7.83. The SMILES string of the molecule is COCCn1c(SCC(=O)NCc2ccc(F)cc2)nnc1-c1c[nH]c2ccccc12. The van der Waals surface area contributed by atoms with Gasteiger partial charge in [-0.05, 0) is 23.8 Å². The topological polar surface area (TPSA) is 84.8 Å². The van der Waals surface area contributed by atoms with Crippen LogP contribution in [0.5, 0.6) is 0 Å². The number of amides is 1. The first-order valence-electron chi connectivity index (χ1n) is 9.78. The molecule has 31 heavy (non-hydrogen) atoms. The molecular weight excluding hydrogens is 417 g/mol. The van der Waals surface area contributed by atoms with Crippen LogP contribution in [0.15, 0.2) is 59.9 Å². The van der Waals surface area contributed by atoms with Crippen molar-refractivity contribution in [3.63, 3.8) is 0 Å². The predicted molar refractivity (Wildman–Crippen MR) is 118 cm³/mol. The summed E-state index contributed by atoms with van der Waals surface area (Å²) in [5, 5.41) is 13.3. The number of carbonyl (C=O) groups excluding carboxylic acids is 1. The largest absolute Gasteiger partial charge is 0.383 e. The van der Waals surface area contributed by atoms with Crippen molar-refractivity contribution >= 4 is 28.6 Å². The lowest BCUT2D eigenvalue weighted by Gasteiger charge is -2.09. The molecule has 9 heteroatoms. The zero-order chi connectivity index (χ0) is 21.6. The minimum atomic E-state index is -0.299. The molecule has 0 aliphatic carbocycles. The van der Waals surface area contributed by atoms with Gasteiger partial charge in [0.05, 0.1) is 18.9 Å². The predicted octanol–water partition coefficient (Wildman–Crippen LogP) is 3.62. The van der Waals surface area contributed by atoms with Crippen molar-refractivity contribution in [3.8, 4) is 11.4 Å². The Kier molecular flexibility index (Phi) is 6.63. The lowest BCUT2D eigenvalue weighted by molar-refractivity contribution is -0.118. The van der Waals surface area contributed by atoms with E-state index in [1.807, 2.05) is 35.0 Å². The van der Waals surface area contributed by atoms with Crippen LogP contribution in [0.1, 0.15) is 5.56 Å². The van der Waals surface area contributed by atoms with Crippen molar-refractivity contribution < 1.29 is 13.9 Å². The molecule has 7 nitrogen and oxygen atoms in total. The number of hydrogen-bond donors (Lipinski definition) is 2. The quantitative estimate of drug-likeness (QED) is 0.389. The fourth-order valence-corrected chi connectivity index (χ4v) is 4.01. The second kappa shape index (κ2) is 9.76. The number of nitrogens with zero attached hydrogens (tertiary/aromatic N) is 3. The third-order valence-electron chi connectivity index (χ3n) is 4.80. The maximum atomic E-state index is 13.0. The van der Waals surface area contributed by atoms with Gasteiger partial charge in [0, 0.05) is 36.3 Å². The number of hydrogen-bond acceptors (Lipinski definition) is 5. The molecule has 0 bridgehead atoms. The molecule has 0 unspecified atom stereocenters. The fraction of sp³-hybridized carbons (Fsp3) is 0.227. The van der Waals surface area contributed by atoms with Crippen LogP contribution in [0.25, 0.3) is 22.3 Å². The Morgan fingerprint density at radius 3 is 2.81 bits per heavy atom. The van der Waals surface area contributed by atoms with Crippen LogP contribution in [-0.2, 0) is 22.6 Å². The van der Waals surface area contributed by atoms with Crippen molar-refractivity contribution in [1.82, 2.24) is 25.1 Å². The van der Waals surface area contributed by atoms with Gasteiger partial charge in [0.2, 0.25) is 5.91 Å². The van der Waals surface area contributed by atoms with Gasteiger partial charge in [-0.25, -0.2) is 4.39 Å². The zero-order valence-electron chi connectivity index (χ0n) is 17.0. The van der Waals surface area contributed by atoms with Gasteiger partial charge in [0.1, 0.15) is 5.82 Å². The van der Waals surface area contributed by atoms with E-state index in [-0.39, 0.29) is 17.5 Å². The minimum Gasteiger partial charge on any atom is -0.383 e. The highest BCUT2D eigenvalue weighted by Gasteiger charge is 2.18. The average Bonchev–Trinajstić information content (AvgIpc) is 3.39. The van der Waals surface area contributed by atoms with Crippen molar-refractivity contribution in [2.24, 2.45) is 0 Å². The van der Waals surface area contributed by atoms with Crippen LogP contribution in [0.4, 0.5) is 4.39 Å². The molecule has 0 saturated carbocycles. The number of nitrogens with one attached hydrogen (secondary N) is 2. The van der Waals surface area contributed by atoms with Crippen molar-refractivity contribution in [3.05, 3.63) is 66.1 Å².